The maximum Gasteiger partial charge on any atom is 0.181 e. The summed E-state index contributed by atoms with van der Waals surface area (Å²) in [5.74, 6) is 0. The van der Waals surface area contributed by atoms with E-state index in [2.05, 4.69) is 29.7 Å². The molecule has 1 aromatic carbocycles. The minimum atomic E-state index is -1.09. The number of nitrogens with two attached hydrogens (primary N) is 1. The lowest BCUT2D eigenvalue weighted by atomic mass is 10.1. The summed E-state index contributed by atoms with van der Waals surface area (Å²) in [6.07, 6.45) is 2.98. The summed E-state index contributed by atoms with van der Waals surface area (Å²) in [6.45, 7) is 8.19. The molecular formula is C16H22N4O2Si. The van der Waals surface area contributed by atoms with Gasteiger partial charge in [0, 0.05) is 25.8 Å². The van der Waals surface area contributed by atoms with Crippen LogP contribution in [-0.2, 0) is 11.5 Å². The zero-order valence-corrected chi connectivity index (χ0v) is 14.7. The van der Waals surface area contributed by atoms with E-state index in [4.69, 9.17) is 14.9 Å². The van der Waals surface area contributed by atoms with E-state index in [1.165, 1.54) is 6.39 Å². The molecule has 0 aliphatic rings. The SMILES string of the molecule is C[Si](C)(C)CCOCn1nc(-c2cocn2)c2cc(N)ccc21. The fraction of sp³-hybridized carbons (Fsp3) is 0.375. The summed E-state index contributed by atoms with van der Waals surface area (Å²) >= 11 is 0. The Morgan fingerprint density at radius 2 is 2.13 bits per heavy atom. The van der Waals surface area contributed by atoms with Crippen LogP contribution in [0.1, 0.15) is 0 Å². The molecule has 3 rings (SSSR count). The summed E-state index contributed by atoms with van der Waals surface area (Å²) in [4.78, 5) is 4.19. The Morgan fingerprint density at radius 1 is 1.30 bits per heavy atom. The van der Waals surface area contributed by atoms with E-state index < -0.39 is 8.07 Å². The van der Waals surface area contributed by atoms with Gasteiger partial charge in [0.2, 0.25) is 0 Å². The largest absolute Gasteiger partial charge is 0.451 e. The number of nitrogen functional groups attached to an aromatic ring is 1. The molecule has 2 heterocycles. The number of oxazole rings is 1. The first-order valence-corrected chi connectivity index (χ1v) is 11.4. The van der Waals surface area contributed by atoms with Crippen molar-refractivity contribution in [1.82, 2.24) is 14.8 Å². The van der Waals surface area contributed by atoms with Gasteiger partial charge in [-0.25, -0.2) is 9.67 Å². The minimum absolute atomic E-state index is 0.419. The highest BCUT2D eigenvalue weighted by atomic mass is 28.3. The summed E-state index contributed by atoms with van der Waals surface area (Å²) in [6, 6.07) is 6.87. The van der Waals surface area contributed by atoms with E-state index in [9.17, 15) is 0 Å². The van der Waals surface area contributed by atoms with E-state index in [0.29, 0.717) is 18.1 Å². The van der Waals surface area contributed by atoms with Gasteiger partial charge in [-0.1, -0.05) is 19.6 Å². The number of ether oxygens (including phenoxy) is 1. The zero-order chi connectivity index (χ0) is 16.4. The molecule has 0 atom stereocenters. The van der Waals surface area contributed by atoms with Crippen LogP contribution in [0.5, 0.6) is 0 Å². The van der Waals surface area contributed by atoms with Gasteiger partial charge in [0.15, 0.2) is 6.39 Å². The van der Waals surface area contributed by atoms with Crippen LogP contribution in [0.3, 0.4) is 0 Å². The van der Waals surface area contributed by atoms with Crippen molar-refractivity contribution in [3.63, 3.8) is 0 Å². The third-order valence-electron chi connectivity index (χ3n) is 3.66. The van der Waals surface area contributed by atoms with Crippen LogP contribution in [0.15, 0.2) is 35.3 Å². The number of benzene rings is 1. The molecule has 2 N–H and O–H groups in total. The minimum Gasteiger partial charge on any atom is -0.451 e. The van der Waals surface area contributed by atoms with Crippen molar-refractivity contribution < 1.29 is 9.15 Å². The average molecular weight is 330 g/mol. The van der Waals surface area contributed by atoms with Crippen LogP contribution in [-0.4, -0.2) is 29.4 Å². The van der Waals surface area contributed by atoms with Gasteiger partial charge >= 0.3 is 0 Å². The predicted molar refractivity (Wildman–Crippen MR) is 93.7 cm³/mol. The van der Waals surface area contributed by atoms with Crippen molar-refractivity contribution in [3.8, 4) is 11.4 Å². The Bertz CT molecular complexity index is 790. The fourth-order valence-electron chi connectivity index (χ4n) is 2.34. The maximum atomic E-state index is 5.92. The van der Waals surface area contributed by atoms with Crippen molar-refractivity contribution >= 4 is 24.7 Å². The second-order valence-electron chi connectivity index (χ2n) is 6.85. The molecule has 0 saturated carbocycles. The molecule has 2 aromatic heterocycles. The zero-order valence-electron chi connectivity index (χ0n) is 13.7. The van der Waals surface area contributed by atoms with Crippen LogP contribution in [0.2, 0.25) is 25.7 Å². The molecule has 0 radical (unpaired) electrons. The molecule has 7 heteroatoms. The van der Waals surface area contributed by atoms with Crippen LogP contribution >= 0.6 is 0 Å². The van der Waals surface area contributed by atoms with Gasteiger partial charge in [0.25, 0.3) is 0 Å². The molecule has 0 fully saturated rings. The second kappa shape index (κ2) is 6.17. The van der Waals surface area contributed by atoms with Crippen molar-refractivity contribution in [2.24, 2.45) is 0 Å². The lowest BCUT2D eigenvalue weighted by Crippen LogP contribution is -2.22. The van der Waals surface area contributed by atoms with Gasteiger partial charge in [-0.2, -0.15) is 5.10 Å². The van der Waals surface area contributed by atoms with E-state index >= 15 is 0 Å². The van der Waals surface area contributed by atoms with Crippen molar-refractivity contribution in [1.29, 1.82) is 0 Å². The molecule has 0 spiro atoms. The van der Waals surface area contributed by atoms with Crippen LogP contribution in [0, 0.1) is 0 Å². The van der Waals surface area contributed by atoms with Gasteiger partial charge in [0.1, 0.15) is 24.4 Å². The molecule has 6 nitrogen and oxygen atoms in total. The number of fused-ring (bicyclic) bond motifs is 1. The molecule has 0 saturated heterocycles. The summed E-state index contributed by atoms with van der Waals surface area (Å²) < 4.78 is 12.8. The topological polar surface area (TPSA) is 79.1 Å². The first kappa shape index (κ1) is 15.8. The van der Waals surface area contributed by atoms with Gasteiger partial charge < -0.3 is 14.9 Å². The van der Waals surface area contributed by atoms with E-state index in [-0.39, 0.29) is 0 Å². The highest BCUT2D eigenvalue weighted by Crippen LogP contribution is 2.28. The fourth-order valence-corrected chi connectivity index (χ4v) is 3.10. The van der Waals surface area contributed by atoms with Gasteiger partial charge in [0.05, 0.1) is 5.52 Å². The summed E-state index contributed by atoms with van der Waals surface area (Å²) in [5.41, 5.74) is 9.05. The average Bonchev–Trinajstić information content (AvgIpc) is 3.09. The summed E-state index contributed by atoms with van der Waals surface area (Å²) in [7, 11) is -1.09. The Kier molecular flexibility index (Phi) is 4.23. The predicted octanol–water partition coefficient (Wildman–Crippen LogP) is 3.59. The standard InChI is InChI=1S/C16H22N4O2Si/c1-23(2,3)7-6-21-11-20-15-5-4-12(17)8-13(15)16(19-20)14-9-22-10-18-14/h4-5,8-10H,6-7,11,17H2,1-3H3. The molecule has 0 unspecified atom stereocenters. The monoisotopic (exact) mass is 330 g/mol. The van der Waals surface area contributed by atoms with Crippen molar-refractivity contribution in [2.45, 2.75) is 32.4 Å². The van der Waals surface area contributed by atoms with E-state index in [0.717, 1.165) is 29.2 Å². The van der Waals surface area contributed by atoms with Crippen LogP contribution in [0.25, 0.3) is 22.3 Å². The van der Waals surface area contributed by atoms with E-state index in [1.807, 2.05) is 22.9 Å². The first-order chi connectivity index (χ1) is 10.9. The third kappa shape index (κ3) is 3.62. The van der Waals surface area contributed by atoms with Crippen molar-refractivity contribution in [2.75, 3.05) is 12.3 Å². The Morgan fingerprint density at radius 3 is 2.83 bits per heavy atom. The third-order valence-corrected chi connectivity index (χ3v) is 5.36. The molecular weight excluding hydrogens is 308 g/mol. The highest BCUT2D eigenvalue weighted by molar-refractivity contribution is 6.76. The smallest absolute Gasteiger partial charge is 0.181 e. The molecule has 3 aromatic rings. The number of rotatable bonds is 6. The number of aromatic nitrogens is 3. The first-order valence-electron chi connectivity index (χ1n) is 7.66. The number of hydrogen-bond donors (Lipinski definition) is 1. The Hall–Kier alpha value is -2.12. The van der Waals surface area contributed by atoms with Crippen LogP contribution in [0.4, 0.5) is 5.69 Å². The number of hydrogen-bond acceptors (Lipinski definition) is 5. The quantitative estimate of drug-likeness (QED) is 0.424. The normalized spacial score (nSPS) is 12.1. The van der Waals surface area contributed by atoms with Gasteiger partial charge in [-0.15, -0.1) is 0 Å². The number of anilines is 1. The molecule has 0 aliphatic heterocycles. The maximum absolute atomic E-state index is 5.92. The Balaban J connectivity index is 1.86. The Labute approximate surface area is 136 Å². The molecule has 122 valence electrons. The highest BCUT2D eigenvalue weighted by Gasteiger charge is 2.16. The van der Waals surface area contributed by atoms with Gasteiger partial charge in [-0.3, -0.25) is 0 Å². The molecule has 0 bridgehead atoms. The molecule has 0 amide bonds. The molecule has 23 heavy (non-hydrogen) atoms. The van der Waals surface area contributed by atoms with E-state index in [1.54, 1.807) is 6.26 Å². The van der Waals surface area contributed by atoms with Crippen LogP contribution < -0.4 is 5.73 Å². The molecule has 0 aliphatic carbocycles. The number of nitrogens with zero attached hydrogens (tertiary/aromatic N) is 3. The summed E-state index contributed by atoms with van der Waals surface area (Å²) in [5, 5.41) is 5.58. The second-order valence-corrected chi connectivity index (χ2v) is 12.5. The lowest BCUT2D eigenvalue weighted by Gasteiger charge is -2.15. The van der Waals surface area contributed by atoms with Crippen molar-refractivity contribution in [3.05, 3.63) is 30.9 Å². The lowest BCUT2D eigenvalue weighted by molar-refractivity contribution is 0.0818. The van der Waals surface area contributed by atoms with Gasteiger partial charge in [-0.05, 0) is 24.2 Å².